The van der Waals surface area contributed by atoms with Crippen LogP contribution in [0.3, 0.4) is 0 Å². The van der Waals surface area contributed by atoms with Gasteiger partial charge in [-0.25, -0.2) is 0 Å². The van der Waals surface area contributed by atoms with Crippen LogP contribution in [0.4, 0.5) is 5.69 Å². The lowest BCUT2D eigenvalue weighted by molar-refractivity contribution is -0.120. The number of nitrogens with one attached hydrogen (secondary N) is 1. The van der Waals surface area contributed by atoms with Crippen molar-refractivity contribution in [1.29, 1.82) is 0 Å². The second kappa shape index (κ2) is 8.39. The fraction of sp³-hybridized carbons (Fsp3) is 0.278. The number of carbonyl (C=O) groups excluding carboxylic acids is 1. The van der Waals surface area contributed by atoms with Crippen LogP contribution in [0, 0.1) is 0 Å². The molecule has 0 saturated heterocycles. The Morgan fingerprint density at radius 3 is 2.35 bits per heavy atom. The molecule has 0 radical (unpaired) electrons. The van der Waals surface area contributed by atoms with Crippen molar-refractivity contribution in [3.8, 4) is 0 Å². The zero-order valence-electron chi connectivity index (χ0n) is 13.5. The van der Waals surface area contributed by atoms with Gasteiger partial charge < -0.3 is 5.32 Å². The second-order valence-electron chi connectivity index (χ2n) is 5.44. The van der Waals surface area contributed by atoms with E-state index in [-0.39, 0.29) is 11.9 Å². The summed E-state index contributed by atoms with van der Waals surface area (Å²) in [6.07, 6.45) is 2.06. The number of hydrogen-bond acceptors (Lipinski definition) is 3. The third-order valence-electron chi connectivity index (χ3n) is 3.74. The van der Waals surface area contributed by atoms with Crippen molar-refractivity contribution in [3.05, 3.63) is 59.1 Å². The molecule has 0 aliphatic rings. The summed E-state index contributed by atoms with van der Waals surface area (Å²) in [4.78, 5) is 15.6. The summed E-state index contributed by atoms with van der Waals surface area (Å²) in [5.74, 6) is -0.0319. The van der Waals surface area contributed by atoms with E-state index in [4.69, 9.17) is 11.6 Å². The summed E-state index contributed by atoms with van der Waals surface area (Å²) in [6.45, 7) is 2.63. The summed E-state index contributed by atoms with van der Waals surface area (Å²) in [7, 11) is 1.95. The first-order valence-corrected chi connectivity index (χ1v) is 8.99. The van der Waals surface area contributed by atoms with E-state index in [1.54, 1.807) is 36.0 Å². The van der Waals surface area contributed by atoms with E-state index < -0.39 is 0 Å². The first-order chi connectivity index (χ1) is 11.0. The minimum atomic E-state index is -0.231. The third kappa shape index (κ3) is 5.27. The number of thioether (sulfide) groups is 1. The average molecular weight is 349 g/mol. The van der Waals surface area contributed by atoms with Gasteiger partial charge in [-0.1, -0.05) is 23.7 Å². The Bertz CT molecular complexity index is 643. The van der Waals surface area contributed by atoms with E-state index in [1.165, 1.54) is 10.5 Å². The van der Waals surface area contributed by atoms with Gasteiger partial charge in [0.25, 0.3) is 0 Å². The van der Waals surface area contributed by atoms with E-state index in [9.17, 15) is 4.79 Å². The van der Waals surface area contributed by atoms with Gasteiger partial charge in [-0.05, 0) is 62.2 Å². The molecule has 0 aliphatic heterocycles. The van der Waals surface area contributed by atoms with Crippen molar-refractivity contribution in [3.63, 3.8) is 0 Å². The lowest BCUT2D eigenvalue weighted by Gasteiger charge is -2.24. The molecule has 122 valence electrons. The lowest BCUT2D eigenvalue weighted by atomic mass is 10.2. The van der Waals surface area contributed by atoms with Crippen LogP contribution in [-0.2, 0) is 11.3 Å². The summed E-state index contributed by atoms with van der Waals surface area (Å²) in [6, 6.07) is 15.3. The maximum absolute atomic E-state index is 12.3. The molecule has 0 saturated carbocycles. The van der Waals surface area contributed by atoms with Crippen molar-refractivity contribution in [2.24, 2.45) is 0 Å². The van der Waals surface area contributed by atoms with E-state index >= 15 is 0 Å². The Morgan fingerprint density at radius 1 is 1.17 bits per heavy atom. The number of benzene rings is 2. The molecule has 23 heavy (non-hydrogen) atoms. The largest absolute Gasteiger partial charge is 0.325 e. The fourth-order valence-electron chi connectivity index (χ4n) is 2.14. The highest BCUT2D eigenvalue weighted by atomic mass is 35.5. The SMILES string of the molecule is CSc1ccc(CN(C)[C@@H](C)C(=O)Nc2ccc(Cl)cc2)cc1. The molecule has 2 aromatic carbocycles. The molecular weight excluding hydrogens is 328 g/mol. The number of anilines is 1. The Kier molecular flexibility index (Phi) is 6.51. The molecule has 1 N–H and O–H groups in total. The molecule has 5 heteroatoms. The van der Waals surface area contributed by atoms with Crippen LogP contribution >= 0.6 is 23.4 Å². The maximum atomic E-state index is 12.3. The van der Waals surface area contributed by atoms with Gasteiger partial charge in [-0.15, -0.1) is 11.8 Å². The molecule has 0 spiro atoms. The van der Waals surface area contributed by atoms with Crippen LogP contribution in [0.1, 0.15) is 12.5 Å². The summed E-state index contributed by atoms with van der Waals surface area (Å²) >= 11 is 7.57. The molecule has 2 rings (SSSR count). The number of likely N-dealkylation sites (N-methyl/N-ethyl adjacent to an activating group) is 1. The summed E-state index contributed by atoms with van der Waals surface area (Å²) < 4.78 is 0. The smallest absolute Gasteiger partial charge is 0.241 e. The van der Waals surface area contributed by atoms with E-state index in [0.29, 0.717) is 5.02 Å². The van der Waals surface area contributed by atoms with Gasteiger partial charge in [0, 0.05) is 22.2 Å². The van der Waals surface area contributed by atoms with Crippen LogP contribution in [0.25, 0.3) is 0 Å². The zero-order valence-corrected chi connectivity index (χ0v) is 15.1. The van der Waals surface area contributed by atoms with Gasteiger partial charge in [0.05, 0.1) is 6.04 Å². The number of nitrogens with zero attached hydrogens (tertiary/aromatic N) is 1. The number of carbonyl (C=O) groups is 1. The Morgan fingerprint density at radius 2 is 1.78 bits per heavy atom. The molecule has 0 unspecified atom stereocenters. The van der Waals surface area contributed by atoms with Crippen LogP contribution in [0.15, 0.2) is 53.4 Å². The number of amides is 1. The van der Waals surface area contributed by atoms with Gasteiger partial charge >= 0.3 is 0 Å². The van der Waals surface area contributed by atoms with Crippen LogP contribution in [0.2, 0.25) is 5.02 Å². The minimum Gasteiger partial charge on any atom is -0.325 e. The fourth-order valence-corrected chi connectivity index (χ4v) is 2.67. The molecule has 0 aliphatic carbocycles. The highest BCUT2D eigenvalue weighted by Gasteiger charge is 2.18. The Balaban J connectivity index is 1.93. The molecule has 1 amide bonds. The van der Waals surface area contributed by atoms with Gasteiger partial charge in [0.1, 0.15) is 0 Å². The van der Waals surface area contributed by atoms with Crippen molar-refractivity contribution >= 4 is 35.0 Å². The second-order valence-corrected chi connectivity index (χ2v) is 6.75. The molecule has 0 bridgehead atoms. The van der Waals surface area contributed by atoms with Crippen LogP contribution < -0.4 is 5.32 Å². The van der Waals surface area contributed by atoms with Crippen molar-refractivity contribution in [2.75, 3.05) is 18.6 Å². The van der Waals surface area contributed by atoms with E-state index in [0.717, 1.165) is 12.2 Å². The first-order valence-electron chi connectivity index (χ1n) is 7.39. The van der Waals surface area contributed by atoms with Gasteiger partial charge in [0.2, 0.25) is 5.91 Å². The van der Waals surface area contributed by atoms with E-state index in [1.807, 2.05) is 18.9 Å². The van der Waals surface area contributed by atoms with Gasteiger partial charge in [0.15, 0.2) is 0 Å². The normalized spacial score (nSPS) is 12.2. The highest BCUT2D eigenvalue weighted by Crippen LogP contribution is 2.17. The highest BCUT2D eigenvalue weighted by molar-refractivity contribution is 7.98. The van der Waals surface area contributed by atoms with Crippen LogP contribution in [-0.4, -0.2) is 30.2 Å². The quantitative estimate of drug-likeness (QED) is 0.779. The Hall–Kier alpha value is -1.49. The average Bonchev–Trinajstić information content (AvgIpc) is 2.56. The topological polar surface area (TPSA) is 32.3 Å². The number of halogens is 1. The van der Waals surface area contributed by atoms with Crippen molar-refractivity contribution in [2.45, 2.75) is 24.4 Å². The van der Waals surface area contributed by atoms with Gasteiger partial charge in [-0.2, -0.15) is 0 Å². The standard InChI is InChI=1S/C18H21ClN2OS/c1-13(18(22)20-16-8-6-15(19)7-9-16)21(2)12-14-4-10-17(23-3)11-5-14/h4-11,13H,12H2,1-3H3,(H,20,22)/t13-/m0/s1. The summed E-state index contributed by atoms with van der Waals surface area (Å²) in [5.41, 5.74) is 1.94. The first kappa shape index (κ1) is 17.9. The minimum absolute atomic E-state index is 0.0319. The van der Waals surface area contributed by atoms with Crippen LogP contribution in [0.5, 0.6) is 0 Å². The van der Waals surface area contributed by atoms with E-state index in [2.05, 4.69) is 35.8 Å². The van der Waals surface area contributed by atoms with Gasteiger partial charge in [-0.3, -0.25) is 9.69 Å². The summed E-state index contributed by atoms with van der Waals surface area (Å²) in [5, 5.41) is 3.57. The molecular formula is C18H21ClN2OS. The zero-order chi connectivity index (χ0) is 16.8. The van der Waals surface area contributed by atoms with Crippen molar-refractivity contribution < 1.29 is 4.79 Å². The molecule has 0 aromatic heterocycles. The molecule has 3 nitrogen and oxygen atoms in total. The molecule has 0 fully saturated rings. The molecule has 2 aromatic rings. The molecule has 0 heterocycles. The number of hydrogen-bond donors (Lipinski definition) is 1. The van der Waals surface area contributed by atoms with Crippen molar-refractivity contribution in [1.82, 2.24) is 4.90 Å². The lowest BCUT2D eigenvalue weighted by Crippen LogP contribution is -2.39. The monoisotopic (exact) mass is 348 g/mol. The predicted molar refractivity (Wildman–Crippen MR) is 99.2 cm³/mol. The number of rotatable bonds is 6. The third-order valence-corrected chi connectivity index (χ3v) is 4.74. The Labute approximate surface area is 147 Å². The maximum Gasteiger partial charge on any atom is 0.241 e. The molecule has 1 atom stereocenters. The predicted octanol–water partition coefficient (Wildman–Crippen LogP) is 4.52.